The normalized spacial score (nSPS) is 21.5. The quantitative estimate of drug-likeness (QED) is 0.854. The Morgan fingerprint density at radius 2 is 1.83 bits per heavy atom. The van der Waals surface area contributed by atoms with Crippen LogP contribution in [0, 0.1) is 5.92 Å². The van der Waals surface area contributed by atoms with Crippen LogP contribution < -0.4 is 5.69 Å². The van der Waals surface area contributed by atoms with Gasteiger partial charge in [0.2, 0.25) is 5.91 Å². The fourth-order valence-electron chi connectivity index (χ4n) is 3.49. The van der Waals surface area contributed by atoms with Crippen LogP contribution in [-0.2, 0) is 4.79 Å². The van der Waals surface area contributed by atoms with Gasteiger partial charge in [0.15, 0.2) is 0 Å². The third kappa shape index (κ3) is 2.64. The number of hydrogen-bond acceptors (Lipinski definition) is 4. The van der Waals surface area contributed by atoms with E-state index in [1.165, 1.54) is 9.36 Å². The predicted octanol–water partition coefficient (Wildman–Crippen LogP) is 1.39. The van der Waals surface area contributed by atoms with Crippen LogP contribution in [0.5, 0.6) is 0 Å². The van der Waals surface area contributed by atoms with Crippen LogP contribution in [0.4, 0.5) is 0 Å². The molecule has 126 valence electrons. The Morgan fingerprint density at radius 1 is 1.04 bits per heavy atom. The molecule has 1 atom stereocenters. The number of tetrazole rings is 1. The van der Waals surface area contributed by atoms with Crippen molar-refractivity contribution in [2.24, 2.45) is 5.92 Å². The maximum absolute atomic E-state index is 12.6. The summed E-state index contributed by atoms with van der Waals surface area (Å²) < 4.78 is 2.75. The van der Waals surface area contributed by atoms with Crippen LogP contribution in [0.3, 0.4) is 0 Å². The Bertz CT molecular complexity index is 778. The fraction of sp³-hybridized carbons (Fsp3) is 0.529. The molecule has 0 spiro atoms. The lowest BCUT2D eigenvalue weighted by Crippen LogP contribution is -2.46. The minimum atomic E-state index is -0.246. The Morgan fingerprint density at radius 3 is 2.54 bits per heavy atom. The van der Waals surface area contributed by atoms with Crippen LogP contribution in [0.25, 0.3) is 5.69 Å². The number of rotatable bonds is 3. The maximum Gasteiger partial charge on any atom is 0.368 e. The highest BCUT2D eigenvalue weighted by molar-refractivity contribution is 5.79. The third-order valence-corrected chi connectivity index (χ3v) is 5.11. The van der Waals surface area contributed by atoms with E-state index in [1.54, 1.807) is 0 Å². The predicted molar refractivity (Wildman–Crippen MR) is 87.8 cm³/mol. The van der Waals surface area contributed by atoms with Crippen molar-refractivity contribution in [3.05, 3.63) is 40.8 Å². The van der Waals surface area contributed by atoms with Gasteiger partial charge < -0.3 is 4.90 Å². The van der Waals surface area contributed by atoms with Crippen molar-refractivity contribution < 1.29 is 4.79 Å². The number of aromatic nitrogens is 4. The summed E-state index contributed by atoms with van der Waals surface area (Å²) in [6.07, 6.45) is 4.91. The first-order chi connectivity index (χ1) is 11.7. The summed E-state index contributed by atoms with van der Waals surface area (Å²) in [5.74, 6) is 0.440. The lowest BCUT2D eigenvalue weighted by molar-refractivity contribution is -0.139. The van der Waals surface area contributed by atoms with Crippen molar-refractivity contribution in [1.29, 1.82) is 0 Å². The highest BCUT2D eigenvalue weighted by Crippen LogP contribution is 2.30. The van der Waals surface area contributed by atoms with E-state index in [2.05, 4.69) is 10.4 Å². The average molecular weight is 327 g/mol. The Kier molecular flexibility index (Phi) is 3.92. The van der Waals surface area contributed by atoms with Crippen molar-refractivity contribution in [2.45, 2.75) is 38.1 Å². The number of benzene rings is 1. The van der Waals surface area contributed by atoms with Gasteiger partial charge in [0.05, 0.1) is 11.7 Å². The summed E-state index contributed by atoms with van der Waals surface area (Å²) in [6, 6.07) is 9.18. The molecule has 4 rings (SSSR count). The van der Waals surface area contributed by atoms with E-state index in [0.717, 1.165) is 38.6 Å². The van der Waals surface area contributed by atoms with Gasteiger partial charge in [-0.1, -0.05) is 24.6 Å². The molecule has 2 aromatic rings. The van der Waals surface area contributed by atoms with Crippen molar-refractivity contribution in [2.75, 3.05) is 13.1 Å². The van der Waals surface area contributed by atoms with Gasteiger partial charge in [0.1, 0.15) is 0 Å². The lowest BCUT2D eigenvalue weighted by atomic mass is 9.84. The van der Waals surface area contributed by atoms with E-state index in [4.69, 9.17) is 0 Å². The van der Waals surface area contributed by atoms with Gasteiger partial charge in [-0.3, -0.25) is 4.79 Å². The smallest absolute Gasteiger partial charge is 0.340 e. The zero-order valence-corrected chi connectivity index (χ0v) is 13.5. The van der Waals surface area contributed by atoms with Crippen LogP contribution >= 0.6 is 0 Å². The minimum absolute atomic E-state index is 0.0901. The first-order valence-corrected chi connectivity index (χ1v) is 8.63. The van der Waals surface area contributed by atoms with Crippen molar-refractivity contribution >= 4 is 5.91 Å². The fourth-order valence-corrected chi connectivity index (χ4v) is 3.49. The third-order valence-electron chi connectivity index (χ3n) is 5.11. The van der Waals surface area contributed by atoms with Gasteiger partial charge in [-0.25, -0.2) is 4.79 Å². The van der Waals surface area contributed by atoms with E-state index in [9.17, 15) is 9.59 Å². The molecular weight excluding hydrogens is 306 g/mol. The molecule has 24 heavy (non-hydrogen) atoms. The number of nitrogens with zero attached hydrogens (tertiary/aromatic N) is 5. The number of para-hydroxylation sites is 1. The van der Waals surface area contributed by atoms with E-state index in [0.29, 0.717) is 12.2 Å². The van der Waals surface area contributed by atoms with Gasteiger partial charge in [-0.2, -0.15) is 9.36 Å². The molecule has 1 saturated carbocycles. The number of likely N-dealkylation sites (tertiary alicyclic amines) is 1. The molecule has 1 aromatic heterocycles. The molecule has 0 radical (unpaired) electrons. The van der Waals surface area contributed by atoms with Crippen LogP contribution in [-0.4, -0.2) is 43.7 Å². The molecule has 2 fully saturated rings. The zero-order chi connectivity index (χ0) is 16.5. The second-order valence-corrected chi connectivity index (χ2v) is 6.66. The number of carbonyl (C=O) groups excluding carboxylic acids is 1. The highest BCUT2D eigenvalue weighted by atomic mass is 16.2. The van der Waals surface area contributed by atoms with Crippen LogP contribution in [0.2, 0.25) is 0 Å². The molecule has 1 amide bonds. The first kappa shape index (κ1) is 15.1. The van der Waals surface area contributed by atoms with Crippen molar-refractivity contribution in [1.82, 2.24) is 24.7 Å². The highest BCUT2D eigenvalue weighted by Gasteiger charge is 2.33. The molecule has 7 nitrogen and oxygen atoms in total. The van der Waals surface area contributed by atoms with Crippen molar-refractivity contribution in [3.63, 3.8) is 0 Å². The molecule has 1 aliphatic carbocycles. The van der Waals surface area contributed by atoms with E-state index in [1.807, 2.05) is 35.2 Å². The Balaban J connectivity index is 1.54. The van der Waals surface area contributed by atoms with E-state index in [-0.39, 0.29) is 23.6 Å². The molecule has 1 saturated heterocycles. The number of amides is 1. The molecule has 1 aromatic carbocycles. The maximum atomic E-state index is 12.6. The molecule has 0 bridgehead atoms. The average Bonchev–Trinajstić information content (AvgIpc) is 2.96. The standard InChI is InChI=1S/C17H21N5O2/c23-16(13-6-4-7-13)20-11-5-10-15(12-20)22-17(24)21(18-19-22)14-8-2-1-3-9-14/h1-3,8-9,13,15H,4-7,10-12H2/t15-/m0/s1. The number of piperidine rings is 1. The van der Waals surface area contributed by atoms with Gasteiger partial charge in [-0.05, 0) is 48.2 Å². The summed E-state index contributed by atoms with van der Waals surface area (Å²) in [4.78, 5) is 27.0. The summed E-state index contributed by atoms with van der Waals surface area (Å²) >= 11 is 0. The molecule has 0 unspecified atom stereocenters. The summed E-state index contributed by atoms with van der Waals surface area (Å²) in [6.45, 7) is 1.34. The van der Waals surface area contributed by atoms with Gasteiger partial charge in [0, 0.05) is 19.0 Å². The van der Waals surface area contributed by atoms with Crippen LogP contribution in [0.1, 0.15) is 38.1 Å². The molecule has 1 aliphatic heterocycles. The summed E-state index contributed by atoms with van der Waals surface area (Å²) in [5.41, 5.74) is 0.455. The Labute approximate surface area is 139 Å². The number of hydrogen-bond donors (Lipinski definition) is 0. The molecule has 2 heterocycles. The zero-order valence-electron chi connectivity index (χ0n) is 13.5. The van der Waals surface area contributed by atoms with E-state index >= 15 is 0 Å². The van der Waals surface area contributed by atoms with Gasteiger partial charge in [-0.15, -0.1) is 0 Å². The molecular formula is C17H21N5O2. The first-order valence-electron chi connectivity index (χ1n) is 8.63. The number of carbonyl (C=O) groups is 1. The van der Waals surface area contributed by atoms with Crippen LogP contribution in [0.15, 0.2) is 35.1 Å². The van der Waals surface area contributed by atoms with Gasteiger partial charge >= 0.3 is 5.69 Å². The second kappa shape index (κ2) is 6.22. The topological polar surface area (TPSA) is 73.0 Å². The van der Waals surface area contributed by atoms with Gasteiger partial charge in [0.25, 0.3) is 0 Å². The van der Waals surface area contributed by atoms with Crippen molar-refractivity contribution in [3.8, 4) is 5.69 Å². The second-order valence-electron chi connectivity index (χ2n) is 6.66. The molecule has 0 N–H and O–H groups in total. The molecule has 2 aliphatic rings. The summed E-state index contributed by atoms with van der Waals surface area (Å²) in [7, 11) is 0. The SMILES string of the molecule is O=C(C1CCC1)N1CCC[C@H](n2nnn(-c3ccccc3)c2=O)C1. The largest absolute Gasteiger partial charge is 0.368 e. The minimum Gasteiger partial charge on any atom is -0.340 e. The Hall–Kier alpha value is -2.44. The molecule has 7 heteroatoms. The monoisotopic (exact) mass is 327 g/mol. The summed E-state index contributed by atoms with van der Waals surface area (Å²) in [5, 5.41) is 8.07. The van der Waals surface area contributed by atoms with E-state index < -0.39 is 0 Å². The lowest BCUT2D eigenvalue weighted by Gasteiger charge is -2.36.